The van der Waals surface area contributed by atoms with Gasteiger partial charge in [-0.05, 0) is 30.6 Å². The van der Waals surface area contributed by atoms with Gasteiger partial charge < -0.3 is 5.43 Å². The third-order valence-electron chi connectivity index (χ3n) is 2.97. The average molecular weight is 340 g/mol. The van der Waals surface area contributed by atoms with Crippen molar-refractivity contribution in [2.45, 2.75) is 13.1 Å². The minimum absolute atomic E-state index is 0.651. The number of hydrogen-bond acceptors (Lipinski definition) is 7. The smallest absolute Gasteiger partial charge is 0.152 e. The second-order valence-corrected chi connectivity index (χ2v) is 7.34. The first-order valence-corrected chi connectivity index (χ1v) is 8.36. The van der Waals surface area contributed by atoms with E-state index in [-0.39, 0.29) is 0 Å². The lowest BCUT2D eigenvalue weighted by Gasteiger charge is -2.15. The van der Waals surface area contributed by atoms with Gasteiger partial charge in [0.15, 0.2) is 5.82 Å². The van der Waals surface area contributed by atoms with Crippen LogP contribution in [-0.2, 0) is 13.1 Å². The summed E-state index contributed by atoms with van der Waals surface area (Å²) < 4.78 is 0.810. The number of hydrogen-bond donors (Lipinski definition) is 2. The Bertz CT molecular complexity index is 754. The maximum Gasteiger partial charge on any atom is 0.152 e. The fourth-order valence-corrected chi connectivity index (χ4v) is 4.03. The Kier molecular flexibility index (Phi) is 4.37. The minimum atomic E-state index is 0.651. The number of anilines is 1. The Morgan fingerprint density at radius 1 is 1.29 bits per heavy atom. The molecule has 0 saturated carbocycles. The van der Waals surface area contributed by atoms with Crippen molar-refractivity contribution < 1.29 is 0 Å². The summed E-state index contributed by atoms with van der Waals surface area (Å²) in [7, 11) is 2.03. The van der Waals surface area contributed by atoms with Crippen molar-refractivity contribution >= 4 is 50.3 Å². The van der Waals surface area contributed by atoms with E-state index in [0.717, 1.165) is 26.9 Å². The summed E-state index contributed by atoms with van der Waals surface area (Å²) in [4.78, 5) is 13.4. The van der Waals surface area contributed by atoms with Crippen LogP contribution in [0.15, 0.2) is 23.6 Å². The van der Waals surface area contributed by atoms with Gasteiger partial charge in [-0.15, -0.1) is 22.7 Å². The van der Waals surface area contributed by atoms with Crippen molar-refractivity contribution in [3.05, 3.63) is 38.6 Å². The molecule has 0 unspecified atom stereocenters. The number of halogens is 1. The quantitative estimate of drug-likeness (QED) is 0.551. The molecule has 3 heterocycles. The Labute approximate surface area is 135 Å². The van der Waals surface area contributed by atoms with E-state index in [9.17, 15) is 0 Å². The molecule has 8 heteroatoms. The van der Waals surface area contributed by atoms with Crippen molar-refractivity contribution in [3.63, 3.8) is 0 Å². The monoisotopic (exact) mass is 339 g/mol. The van der Waals surface area contributed by atoms with Gasteiger partial charge in [0, 0.05) is 11.4 Å². The molecule has 0 radical (unpaired) electrons. The molecule has 0 saturated heterocycles. The molecule has 0 fully saturated rings. The molecule has 3 N–H and O–H groups in total. The van der Waals surface area contributed by atoms with Gasteiger partial charge >= 0.3 is 0 Å². The van der Waals surface area contributed by atoms with Crippen LogP contribution in [-0.4, -0.2) is 21.9 Å². The summed E-state index contributed by atoms with van der Waals surface area (Å²) in [6, 6.07) is 5.93. The van der Waals surface area contributed by atoms with E-state index in [1.165, 1.54) is 4.88 Å². The van der Waals surface area contributed by atoms with Gasteiger partial charge in [0.1, 0.15) is 10.7 Å². The maximum atomic E-state index is 5.95. The van der Waals surface area contributed by atoms with Gasteiger partial charge in [0.25, 0.3) is 0 Å². The molecule has 0 aliphatic heterocycles. The molecule has 0 aliphatic carbocycles. The molecule has 0 bridgehead atoms. The zero-order chi connectivity index (χ0) is 14.8. The number of fused-ring (bicyclic) bond motifs is 1. The Hall–Kier alpha value is -1.25. The van der Waals surface area contributed by atoms with Gasteiger partial charge in [-0.3, -0.25) is 4.90 Å². The van der Waals surface area contributed by atoms with E-state index in [0.29, 0.717) is 12.4 Å². The number of nitrogens with two attached hydrogens (primary N) is 1. The van der Waals surface area contributed by atoms with Crippen LogP contribution in [0, 0.1) is 0 Å². The Morgan fingerprint density at radius 2 is 2.14 bits per heavy atom. The molecule has 5 nitrogen and oxygen atoms in total. The summed E-state index contributed by atoms with van der Waals surface area (Å²) in [5.41, 5.74) is 2.64. The maximum absolute atomic E-state index is 5.95. The summed E-state index contributed by atoms with van der Waals surface area (Å²) in [6.07, 6.45) is 0. The number of nitrogen functional groups attached to an aromatic ring is 1. The zero-order valence-electron chi connectivity index (χ0n) is 11.3. The lowest BCUT2D eigenvalue weighted by molar-refractivity contribution is 0.314. The predicted octanol–water partition coefficient (Wildman–Crippen LogP) is 3.32. The van der Waals surface area contributed by atoms with E-state index < -0.39 is 0 Å². The van der Waals surface area contributed by atoms with Crippen molar-refractivity contribution in [2.24, 2.45) is 5.84 Å². The van der Waals surface area contributed by atoms with E-state index in [2.05, 4.69) is 20.3 Å². The first-order chi connectivity index (χ1) is 10.2. The van der Waals surface area contributed by atoms with Crippen molar-refractivity contribution in [1.29, 1.82) is 0 Å². The van der Waals surface area contributed by atoms with Gasteiger partial charge in [-0.25, -0.2) is 15.8 Å². The number of nitrogens with one attached hydrogen (secondary N) is 1. The molecule has 3 rings (SSSR count). The van der Waals surface area contributed by atoms with Crippen molar-refractivity contribution in [2.75, 3.05) is 12.5 Å². The number of hydrazine groups is 1. The van der Waals surface area contributed by atoms with Crippen LogP contribution in [0.4, 0.5) is 5.82 Å². The Balaban J connectivity index is 1.77. The molecular weight excluding hydrogens is 326 g/mol. The van der Waals surface area contributed by atoms with E-state index in [4.69, 9.17) is 17.4 Å². The van der Waals surface area contributed by atoms with Crippen LogP contribution in [0.1, 0.15) is 10.7 Å². The first kappa shape index (κ1) is 14.7. The highest BCUT2D eigenvalue weighted by Crippen LogP contribution is 2.25. The van der Waals surface area contributed by atoms with Crippen LogP contribution < -0.4 is 11.3 Å². The van der Waals surface area contributed by atoms with E-state index >= 15 is 0 Å². The van der Waals surface area contributed by atoms with Gasteiger partial charge in [0.2, 0.25) is 0 Å². The minimum Gasteiger partial charge on any atom is -0.308 e. The van der Waals surface area contributed by atoms with E-state index in [1.807, 2.05) is 30.6 Å². The molecule has 0 amide bonds. The van der Waals surface area contributed by atoms with Crippen LogP contribution in [0.2, 0.25) is 4.34 Å². The lowest BCUT2D eigenvalue weighted by atomic mass is 10.3. The molecule has 0 aromatic carbocycles. The van der Waals surface area contributed by atoms with Gasteiger partial charge in [-0.1, -0.05) is 11.6 Å². The SMILES string of the molecule is CN(Cc1nc(NN)c2ccsc2n1)Cc1ccc(Cl)s1. The second kappa shape index (κ2) is 6.25. The largest absolute Gasteiger partial charge is 0.308 e. The molecule has 0 atom stereocenters. The zero-order valence-corrected chi connectivity index (χ0v) is 13.7. The van der Waals surface area contributed by atoms with E-state index in [1.54, 1.807) is 22.7 Å². The van der Waals surface area contributed by atoms with Gasteiger partial charge in [-0.2, -0.15) is 0 Å². The summed E-state index contributed by atoms with van der Waals surface area (Å²) in [5, 5.41) is 2.94. The van der Waals surface area contributed by atoms with Crippen LogP contribution in [0.3, 0.4) is 0 Å². The molecular formula is C13H14ClN5S2. The number of aromatic nitrogens is 2. The molecule has 0 spiro atoms. The number of thiophene rings is 2. The number of nitrogens with zero attached hydrogens (tertiary/aromatic N) is 3. The van der Waals surface area contributed by atoms with Crippen molar-refractivity contribution in [3.8, 4) is 0 Å². The summed E-state index contributed by atoms with van der Waals surface area (Å²) in [6.45, 7) is 1.46. The van der Waals surface area contributed by atoms with Crippen LogP contribution in [0.5, 0.6) is 0 Å². The summed E-state index contributed by atoms with van der Waals surface area (Å²) >= 11 is 9.13. The highest BCUT2D eigenvalue weighted by molar-refractivity contribution is 7.16. The van der Waals surface area contributed by atoms with Crippen molar-refractivity contribution in [1.82, 2.24) is 14.9 Å². The van der Waals surface area contributed by atoms with Crippen LogP contribution >= 0.6 is 34.3 Å². The normalized spacial score (nSPS) is 11.4. The fraction of sp³-hybridized carbons (Fsp3) is 0.231. The topological polar surface area (TPSA) is 67.1 Å². The van der Waals surface area contributed by atoms with Crippen LogP contribution in [0.25, 0.3) is 10.2 Å². The molecule has 110 valence electrons. The molecule has 21 heavy (non-hydrogen) atoms. The Morgan fingerprint density at radius 3 is 2.86 bits per heavy atom. The average Bonchev–Trinajstić information content (AvgIpc) is 3.06. The lowest BCUT2D eigenvalue weighted by Crippen LogP contribution is -2.19. The molecule has 3 aromatic heterocycles. The summed E-state index contributed by atoms with van der Waals surface area (Å²) in [5.74, 6) is 6.96. The first-order valence-electron chi connectivity index (χ1n) is 6.29. The standard InChI is InChI=1S/C13H14ClN5S2/c1-19(6-8-2-3-10(14)21-8)7-11-16-12(18-15)9-4-5-20-13(9)17-11/h2-5H,6-7,15H2,1H3,(H,16,17,18). The molecule has 0 aliphatic rings. The highest BCUT2D eigenvalue weighted by Gasteiger charge is 2.11. The van der Waals surface area contributed by atoms with Gasteiger partial charge in [0.05, 0.1) is 16.3 Å². The number of rotatable bonds is 5. The fourth-order valence-electron chi connectivity index (χ4n) is 2.08. The molecule has 3 aromatic rings. The predicted molar refractivity (Wildman–Crippen MR) is 89.7 cm³/mol. The third kappa shape index (κ3) is 3.33. The third-order valence-corrected chi connectivity index (χ3v) is 5.00. The second-order valence-electron chi connectivity index (χ2n) is 4.65. The highest BCUT2D eigenvalue weighted by atomic mass is 35.5.